The highest BCUT2D eigenvalue weighted by Crippen LogP contribution is 2.47. The Labute approximate surface area is 250 Å². The molecule has 3 atom stereocenters. The molecule has 13 heteroatoms. The van der Waals surface area contributed by atoms with Crippen molar-refractivity contribution in [2.75, 3.05) is 36.9 Å². The first-order chi connectivity index (χ1) is 19.5. The van der Waals surface area contributed by atoms with Crippen molar-refractivity contribution in [1.29, 1.82) is 0 Å². The summed E-state index contributed by atoms with van der Waals surface area (Å²) < 4.78 is 35.9. The number of anilines is 1. The molecular formula is C28H29Cl2F2N5O3S. The number of thioether (sulfide) groups is 1. The van der Waals surface area contributed by atoms with Gasteiger partial charge in [0.2, 0.25) is 5.91 Å². The van der Waals surface area contributed by atoms with E-state index < -0.39 is 17.3 Å². The molecule has 3 aromatic rings. The van der Waals surface area contributed by atoms with E-state index in [0.717, 1.165) is 12.1 Å². The van der Waals surface area contributed by atoms with Gasteiger partial charge in [-0.05, 0) is 38.1 Å². The van der Waals surface area contributed by atoms with Crippen molar-refractivity contribution in [2.24, 2.45) is 5.73 Å². The van der Waals surface area contributed by atoms with Crippen molar-refractivity contribution in [3.8, 4) is 11.1 Å². The van der Waals surface area contributed by atoms with E-state index in [-0.39, 0.29) is 46.2 Å². The second-order valence-electron chi connectivity index (χ2n) is 10.2. The van der Waals surface area contributed by atoms with Crippen LogP contribution in [0.3, 0.4) is 0 Å². The Bertz CT molecular complexity index is 1590. The molecule has 1 fully saturated rings. The zero-order valence-electron chi connectivity index (χ0n) is 22.5. The van der Waals surface area contributed by atoms with Crippen LogP contribution in [0, 0.1) is 11.6 Å². The highest BCUT2D eigenvalue weighted by Gasteiger charge is 2.35. The number of carbonyl (C=O) groups is 1. The maximum absolute atomic E-state index is 14.4. The molecule has 0 aliphatic carbocycles. The molecule has 2 aliphatic heterocycles. The SMILES string of the molecule is C=CC(=O)N1[C@H](C)CN(c2nc(=O)n3c4c(c(-c5cc(F)c(F)cc5Cl)c(Cl)cc24)SCC(OCCN)C3)C[C@@H]1C. The lowest BCUT2D eigenvalue weighted by Gasteiger charge is -2.44. The molecule has 0 radical (unpaired) electrons. The molecule has 1 amide bonds. The number of hydrogen-bond acceptors (Lipinski definition) is 7. The van der Waals surface area contributed by atoms with Crippen molar-refractivity contribution in [3.05, 3.63) is 63.0 Å². The first-order valence-corrected chi connectivity index (χ1v) is 14.9. The number of halogens is 4. The predicted octanol–water partition coefficient (Wildman–Crippen LogP) is 4.71. The van der Waals surface area contributed by atoms with Gasteiger partial charge in [0, 0.05) is 58.9 Å². The summed E-state index contributed by atoms with van der Waals surface area (Å²) in [5.74, 6) is -1.44. The zero-order valence-corrected chi connectivity index (χ0v) is 24.8. The smallest absolute Gasteiger partial charge is 0.350 e. The minimum absolute atomic E-state index is 0.0176. The number of piperazine rings is 1. The van der Waals surface area contributed by atoms with Crippen LogP contribution in [-0.2, 0) is 16.1 Å². The van der Waals surface area contributed by atoms with E-state index in [9.17, 15) is 18.4 Å². The third-order valence-corrected chi connectivity index (χ3v) is 9.18. The van der Waals surface area contributed by atoms with Gasteiger partial charge in [-0.2, -0.15) is 4.98 Å². The molecular weight excluding hydrogens is 595 g/mol. The number of ether oxygens (including phenoxy) is 1. The second-order valence-corrected chi connectivity index (χ2v) is 12.0. The zero-order chi connectivity index (χ0) is 29.6. The molecule has 41 heavy (non-hydrogen) atoms. The van der Waals surface area contributed by atoms with E-state index in [1.807, 2.05) is 18.7 Å². The van der Waals surface area contributed by atoms with Crippen LogP contribution in [0.25, 0.3) is 22.0 Å². The van der Waals surface area contributed by atoms with Crippen molar-refractivity contribution >= 4 is 57.6 Å². The second kappa shape index (κ2) is 11.9. The summed E-state index contributed by atoms with van der Waals surface area (Å²) in [5.41, 5.74) is 6.31. The molecule has 1 aromatic heterocycles. The molecule has 0 spiro atoms. The summed E-state index contributed by atoms with van der Waals surface area (Å²) >= 11 is 14.7. The van der Waals surface area contributed by atoms with Crippen molar-refractivity contribution in [1.82, 2.24) is 14.5 Å². The standard InChI is InChI=1S/C28H29Cl2F2N5O3S/c1-4-23(38)37-14(2)10-35(11-15(37)3)27-18-7-20(30)24(17-8-21(31)22(32)9-19(17)29)26-25(18)36(28(39)34-27)12-16(13-41-26)40-6-5-33/h4,7-9,14-16H,1,5-6,10-13,33H2,2-3H3/t14-,15+,16?. The first-order valence-electron chi connectivity index (χ1n) is 13.1. The summed E-state index contributed by atoms with van der Waals surface area (Å²) in [6.45, 7) is 9.15. The summed E-state index contributed by atoms with van der Waals surface area (Å²) in [6.07, 6.45) is 0.926. The van der Waals surface area contributed by atoms with Crippen LogP contribution < -0.4 is 16.3 Å². The highest BCUT2D eigenvalue weighted by molar-refractivity contribution is 7.99. The lowest BCUT2D eigenvalue weighted by atomic mass is 10.0. The highest BCUT2D eigenvalue weighted by atomic mass is 35.5. The summed E-state index contributed by atoms with van der Waals surface area (Å²) in [6, 6.07) is 3.24. The Balaban J connectivity index is 1.74. The van der Waals surface area contributed by atoms with Crippen molar-refractivity contribution < 1.29 is 18.3 Å². The average Bonchev–Trinajstić information content (AvgIpc) is 3.12. The van der Waals surface area contributed by atoms with Crippen LogP contribution in [0.15, 0.2) is 40.5 Å². The molecule has 8 nitrogen and oxygen atoms in total. The number of benzene rings is 2. The number of aromatic nitrogens is 2. The van der Waals surface area contributed by atoms with Gasteiger partial charge < -0.3 is 20.3 Å². The van der Waals surface area contributed by atoms with Crippen LogP contribution in [0.4, 0.5) is 14.6 Å². The van der Waals surface area contributed by atoms with E-state index in [4.69, 9.17) is 33.7 Å². The Kier molecular flexibility index (Phi) is 8.63. The number of nitrogens with zero attached hydrogens (tertiary/aromatic N) is 4. The van der Waals surface area contributed by atoms with Gasteiger partial charge in [-0.1, -0.05) is 29.8 Å². The number of nitrogens with two attached hydrogens (primary N) is 1. The van der Waals surface area contributed by atoms with Crippen LogP contribution in [-0.4, -0.2) is 70.5 Å². The molecule has 218 valence electrons. The Morgan fingerprint density at radius 1 is 1.17 bits per heavy atom. The first kappa shape index (κ1) is 29.8. The van der Waals surface area contributed by atoms with E-state index in [1.165, 1.54) is 22.4 Å². The fraction of sp³-hybridized carbons (Fsp3) is 0.393. The molecule has 1 unspecified atom stereocenters. The van der Waals surface area contributed by atoms with E-state index in [0.29, 0.717) is 59.2 Å². The van der Waals surface area contributed by atoms with Crippen molar-refractivity contribution in [2.45, 2.75) is 43.5 Å². The van der Waals surface area contributed by atoms with Crippen LogP contribution >= 0.6 is 35.0 Å². The Morgan fingerprint density at radius 2 is 1.85 bits per heavy atom. The van der Waals surface area contributed by atoms with E-state index in [2.05, 4.69) is 11.6 Å². The lowest BCUT2D eigenvalue weighted by Crippen LogP contribution is -2.58. The number of rotatable bonds is 6. The summed E-state index contributed by atoms with van der Waals surface area (Å²) in [7, 11) is 0. The average molecular weight is 625 g/mol. The van der Waals surface area contributed by atoms with Gasteiger partial charge >= 0.3 is 5.69 Å². The van der Waals surface area contributed by atoms with E-state index in [1.54, 1.807) is 11.0 Å². The predicted molar refractivity (Wildman–Crippen MR) is 159 cm³/mol. The van der Waals surface area contributed by atoms with Gasteiger partial charge in [0.25, 0.3) is 0 Å². The molecule has 0 saturated carbocycles. The number of hydrogen-bond donors (Lipinski definition) is 1. The summed E-state index contributed by atoms with van der Waals surface area (Å²) in [4.78, 5) is 35.0. The quantitative estimate of drug-likeness (QED) is 0.314. The molecule has 1 saturated heterocycles. The largest absolute Gasteiger partial charge is 0.374 e. The van der Waals surface area contributed by atoms with Gasteiger partial charge in [0.05, 0.1) is 34.8 Å². The minimum atomic E-state index is -1.08. The third kappa shape index (κ3) is 5.46. The monoisotopic (exact) mass is 623 g/mol. The molecule has 0 bridgehead atoms. The van der Waals surface area contributed by atoms with E-state index >= 15 is 0 Å². The normalized spacial score (nSPS) is 20.8. The maximum atomic E-state index is 14.4. The molecule has 5 rings (SSSR count). The fourth-order valence-electron chi connectivity index (χ4n) is 5.68. The number of carbonyl (C=O) groups excluding carboxylic acids is 1. The Morgan fingerprint density at radius 3 is 2.51 bits per heavy atom. The molecule has 2 aliphatic rings. The Hall–Kier alpha value is -2.70. The van der Waals surface area contributed by atoms with Crippen LogP contribution in [0.2, 0.25) is 10.0 Å². The van der Waals surface area contributed by atoms with Crippen LogP contribution in [0.5, 0.6) is 0 Å². The van der Waals surface area contributed by atoms with Gasteiger partial charge in [0.1, 0.15) is 5.82 Å². The molecule has 3 heterocycles. The number of amides is 1. The topological polar surface area (TPSA) is 93.7 Å². The van der Waals surface area contributed by atoms with Gasteiger partial charge in [0.15, 0.2) is 11.6 Å². The van der Waals surface area contributed by atoms with Crippen molar-refractivity contribution in [3.63, 3.8) is 0 Å². The fourth-order valence-corrected chi connectivity index (χ4v) is 7.56. The molecule has 2 aromatic carbocycles. The van der Waals surface area contributed by atoms with Gasteiger partial charge in [-0.15, -0.1) is 11.8 Å². The summed E-state index contributed by atoms with van der Waals surface area (Å²) in [5, 5.41) is 0.835. The van der Waals surface area contributed by atoms with Crippen LogP contribution in [0.1, 0.15) is 13.8 Å². The lowest BCUT2D eigenvalue weighted by molar-refractivity contribution is -0.130. The maximum Gasteiger partial charge on any atom is 0.350 e. The molecule has 2 N–H and O–H groups in total. The van der Waals surface area contributed by atoms with Gasteiger partial charge in [-0.3, -0.25) is 9.36 Å². The third-order valence-electron chi connectivity index (χ3n) is 7.35. The van der Waals surface area contributed by atoms with Gasteiger partial charge in [-0.25, -0.2) is 13.6 Å². The minimum Gasteiger partial charge on any atom is -0.374 e.